The van der Waals surface area contributed by atoms with E-state index in [1.165, 1.54) is 0 Å². The summed E-state index contributed by atoms with van der Waals surface area (Å²) in [5.74, 6) is 0.254. The second-order valence-electron chi connectivity index (χ2n) is 4.66. The van der Waals surface area contributed by atoms with Crippen LogP contribution >= 0.6 is 0 Å². The molecule has 0 saturated carbocycles. The number of rotatable bonds is 7. The smallest absolute Gasteiger partial charge is 0.255 e. The number of carbonyl (C=O) groups excluding carboxylic acids is 2. The van der Waals surface area contributed by atoms with Gasteiger partial charge in [0, 0.05) is 31.7 Å². The van der Waals surface area contributed by atoms with Gasteiger partial charge < -0.3 is 16.0 Å². The van der Waals surface area contributed by atoms with Crippen molar-refractivity contribution >= 4 is 17.6 Å². The third kappa shape index (κ3) is 5.26. The van der Waals surface area contributed by atoms with Crippen LogP contribution in [0.25, 0.3) is 0 Å². The maximum absolute atomic E-state index is 12.0. The van der Waals surface area contributed by atoms with E-state index >= 15 is 0 Å². The van der Waals surface area contributed by atoms with Gasteiger partial charge in [-0.25, -0.2) is 4.98 Å². The fraction of sp³-hybridized carbons (Fsp3) is 0.500. The van der Waals surface area contributed by atoms with E-state index in [2.05, 4.69) is 20.9 Å². The van der Waals surface area contributed by atoms with Crippen LogP contribution in [0.1, 0.15) is 37.6 Å². The topological polar surface area (TPSA) is 83.1 Å². The summed E-state index contributed by atoms with van der Waals surface area (Å²) in [7, 11) is 0. The maximum Gasteiger partial charge on any atom is 0.255 e. The summed E-state index contributed by atoms with van der Waals surface area (Å²) in [5.41, 5.74) is 0.485. The minimum absolute atomic E-state index is 0.0709. The van der Waals surface area contributed by atoms with Gasteiger partial charge in [-0.1, -0.05) is 0 Å². The number of amides is 2. The molecule has 3 N–H and O–H groups in total. The SMILES string of the molecule is CCNc1ncccc1C(=O)NCCC(=O)NC(C)C. The Morgan fingerprint density at radius 3 is 2.75 bits per heavy atom. The summed E-state index contributed by atoms with van der Waals surface area (Å²) in [5, 5.41) is 8.53. The van der Waals surface area contributed by atoms with E-state index in [0.717, 1.165) is 0 Å². The quantitative estimate of drug-likeness (QED) is 0.699. The van der Waals surface area contributed by atoms with Crippen LogP contribution in [0.15, 0.2) is 18.3 Å². The van der Waals surface area contributed by atoms with Crippen LogP contribution in [0.3, 0.4) is 0 Å². The Hall–Kier alpha value is -2.11. The summed E-state index contributed by atoms with van der Waals surface area (Å²) in [6.07, 6.45) is 1.89. The number of carbonyl (C=O) groups is 2. The lowest BCUT2D eigenvalue weighted by Gasteiger charge is -2.11. The van der Waals surface area contributed by atoms with Crippen LogP contribution < -0.4 is 16.0 Å². The number of hydrogen-bond donors (Lipinski definition) is 3. The van der Waals surface area contributed by atoms with E-state index in [4.69, 9.17) is 0 Å². The first-order chi connectivity index (χ1) is 9.54. The van der Waals surface area contributed by atoms with Gasteiger partial charge in [-0.05, 0) is 32.9 Å². The molecule has 0 bridgehead atoms. The summed E-state index contributed by atoms with van der Waals surface area (Å²) >= 11 is 0. The fourth-order valence-corrected chi connectivity index (χ4v) is 1.68. The molecule has 0 radical (unpaired) electrons. The highest BCUT2D eigenvalue weighted by atomic mass is 16.2. The van der Waals surface area contributed by atoms with Gasteiger partial charge in [-0.2, -0.15) is 0 Å². The molecule has 2 amide bonds. The van der Waals surface area contributed by atoms with Crippen LogP contribution in [0, 0.1) is 0 Å². The molecular formula is C14H22N4O2. The van der Waals surface area contributed by atoms with Gasteiger partial charge in [-0.3, -0.25) is 9.59 Å². The zero-order chi connectivity index (χ0) is 15.0. The van der Waals surface area contributed by atoms with Gasteiger partial charge in [0.15, 0.2) is 0 Å². The lowest BCUT2D eigenvalue weighted by molar-refractivity contribution is -0.121. The summed E-state index contributed by atoms with van der Waals surface area (Å²) in [6.45, 7) is 6.72. The van der Waals surface area contributed by atoms with E-state index in [0.29, 0.717) is 24.5 Å². The molecule has 0 saturated heterocycles. The normalized spacial score (nSPS) is 10.2. The molecule has 0 atom stereocenters. The van der Waals surface area contributed by atoms with E-state index in [1.54, 1.807) is 18.3 Å². The average molecular weight is 278 g/mol. The van der Waals surface area contributed by atoms with Gasteiger partial charge in [0.1, 0.15) is 5.82 Å². The number of aromatic nitrogens is 1. The standard InChI is InChI=1S/C14H22N4O2/c1-4-15-13-11(6-5-8-16-13)14(20)17-9-7-12(19)18-10(2)3/h5-6,8,10H,4,7,9H2,1-3H3,(H,15,16)(H,17,20)(H,18,19). The average Bonchev–Trinajstić information content (AvgIpc) is 2.38. The van der Waals surface area contributed by atoms with Crippen molar-refractivity contribution < 1.29 is 9.59 Å². The molecule has 1 aromatic heterocycles. The molecule has 1 aromatic rings. The van der Waals surface area contributed by atoms with Gasteiger partial charge in [0.25, 0.3) is 5.91 Å². The molecule has 6 heteroatoms. The van der Waals surface area contributed by atoms with E-state index in [1.807, 2.05) is 20.8 Å². The first-order valence-corrected chi connectivity index (χ1v) is 6.81. The predicted molar refractivity (Wildman–Crippen MR) is 78.6 cm³/mol. The Bertz CT molecular complexity index is 460. The van der Waals surface area contributed by atoms with Crippen LogP contribution in [-0.2, 0) is 4.79 Å². The van der Waals surface area contributed by atoms with Crippen molar-refractivity contribution in [2.24, 2.45) is 0 Å². The van der Waals surface area contributed by atoms with Crippen molar-refractivity contribution in [3.63, 3.8) is 0 Å². The monoisotopic (exact) mass is 278 g/mol. The molecule has 1 heterocycles. The molecule has 0 aliphatic carbocycles. The third-order valence-electron chi connectivity index (χ3n) is 2.48. The zero-order valence-corrected chi connectivity index (χ0v) is 12.2. The Morgan fingerprint density at radius 1 is 1.35 bits per heavy atom. The Labute approximate surface area is 119 Å². The Kier molecular flexibility index (Phi) is 6.49. The molecular weight excluding hydrogens is 256 g/mol. The van der Waals surface area contributed by atoms with E-state index in [9.17, 15) is 9.59 Å². The molecule has 110 valence electrons. The van der Waals surface area contributed by atoms with Crippen molar-refractivity contribution in [1.82, 2.24) is 15.6 Å². The third-order valence-corrected chi connectivity index (χ3v) is 2.48. The fourth-order valence-electron chi connectivity index (χ4n) is 1.68. The zero-order valence-electron chi connectivity index (χ0n) is 12.2. The van der Waals surface area contributed by atoms with Gasteiger partial charge in [-0.15, -0.1) is 0 Å². The van der Waals surface area contributed by atoms with E-state index < -0.39 is 0 Å². The molecule has 0 aliphatic heterocycles. The molecule has 0 unspecified atom stereocenters. The molecule has 1 rings (SSSR count). The predicted octanol–water partition coefficient (Wildman–Crippen LogP) is 1.16. The minimum Gasteiger partial charge on any atom is -0.370 e. The number of hydrogen-bond acceptors (Lipinski definition) is 4. The van der Waals surface area contributed by atoms with Crippen LogP contribution in [0.4, 0.5) is 5.82 Å². The number of anilines is 1. The van der Waals surface area contributed by atoms with Crippen LogP contribution in [-0.4, -0.2) is 35.9 Å². The lowest BCUT2D eigenvalue weighted by atomic mass is 10.2. The van der Waals surface area contributed by atoms with Crippen molar-refractivity contribution in [3.8, 4) is 0 Å². The molecule has 6 nitrogen and oxygen atoms in total. The van der Waals surface area contributed by atoms with Gasteiger partial charge in [0.05, 0.1) is 5.56 Å². The van der Waals surface area contributed by atoms with Crippen LogP contribution in [0.2, 0.25) is 0 Å². The number of nitrogens with one attached hydrogen (secondary N) is 3. The molecule has 20 heavy (non-hydrogen) atoms. The highest BCUT2D eigenvalue weighted by Gasteiger charge is 2.11. The Balaban J connectivity index is 2.49. The summed E-state index contributed by atoms with van der Waals surface area (Å²) in [6, 6.07) is 3.52. The summed E-state index contributed by atoms with van der Waals surface area (Å²) in [4.78, 5) is 27.6. The second-order valence-corrected chi connectivity index (χ2v) is 4.66. The molecule has 0 fully saturated rings. The largest absolute Gasteiger partial charge is 0.370 e. The number of nitrogens with zero attached hydrogens (tertiary/aromatic N) is 1. The van der Waals surface area contributed by atoms with Crippen molar-refractivity contribution in [3.05, 3.63) is 23.9 Å². The number of pyridine rings is 1. The van der Waals surface area contributed by atoms with Crippen molar-refractivity contribution in [2.45, 2.75) is 33.2 Å². The van der Waals surface area contributed by atoms with Crippen molar-refractivity contribution in [2.75, 3.05) is 18.4 Å². The maximum atomic E-state index is 12.0. The summed E-state index contributed by atoms with van der Waals surface area (Å²) < 4.78 is 0. The highest BCUT2D eigenvalue weighted by molar-refractivity contribution is 5.98. The first kappa shape index (κ1) is 15.9. The van der Waals surface area contributed by atoms with E-state index in [-0.39, 0.29) is 24.3 Å². The lowest BCUT2D eigenvalue weighted by Crippen LogP contribution is -2.34. The van der Waals surface area contributed by atoms with Gasteiger partial charge in [0.2, 0.25) is 5.91 Å². The minimum atomic E-state index is -0.230. The molecule has 0 spiro atoms. The second kappa shape index (κ2) is 8.14. The first-order valence-electron chi connectivity index (χ1n) is 6.81. The Morgan fingerprint density at radius 2 is 2.10 bits per heavy atom. The molecule has 0 aromatic carbocycles. The highest BCUT2D eigenvalue weighted by Crippen LogP contribution is 2.10. The molecule has 0 aliphatic rings. The van der Waals surface area contributed by atoms with Gasteiger partial charge >= 0.3 is 0 Å². The van der Waals surface area contributed by atoms with Crippen LogP contribution in [0.5, 0.6) is 0 Å². The van der Waals surface area contributed by atoms with Crippen molar-refractivity contribution in [1.29, 1.82) is 0 Å².